The molecular formula is C28H37NO3. The molecule has 0 aromatic heterocycles. The first-order valence-electron chi connectivity index (χ1n) is 13.1. The molecule has 4 heteroatoms. The molecule has 0 amide bonds. The summed E-state index contributed by atoms with van der Waals surface area (Å²) in [6.45, 7) is 12.0. The van der Waals surface area contributed by atoms with E-state index in [9.17, 15) is 5.11 Å². The number of phenolic OH excluding ortho intramolecular Hbond substituents is 1. The van der Waals surface area contributed by atoms with Gasteiger partial charge in [-0.25, -0.2) is 0 Å². The fraction of sp³-hybridized carbons (Fsp3) is 0.786. The van der Waals surface area contributed by atoms with Crippen molar-refractivity contribution in [3.05, 3.63) is 23.3 Å². The van der Waals surface area contributed by atoms with Crippen molar-refractivity contribution in [2.75, 3.05) is 13.1 Å². The lowest BCUT2D eigenvalue weighted by Gasteiger charge is -2.73. The molecule has 3 heterocycles. The van der Waals surface area contributed by atoms with Crippen molar-refractivity contribution in [2.45, 2.75) is 101 Å². The van der Waals surface area contributed by atoms with Gasteiger partial charge in [-0.1, -0.05) is 19.9 Å². The standard InChI is InChI=1S/C28H37NO3/c1-24(2)19-14-26-9-10-28(19,32-25(24,3)4)23-27(26)11-12-29(15-16-5-6-16)20(26)13-17-7-8-18(30)22(31-23)21(17)27/h7-8,16,19-20,23,30H,5-6,9-15H2,1-4H3/t19-,20+,23+,26+,27-,28+/m0/s1. The maximum atomic E-state index is 10.9. The number of nitrogens with zero attached hydrogens (tertiary/aromatic N) is 1. The van der Waals surface area contributed by atoms with Gasteiger partial charge in [-0.3, -0.25) is 4.90 Å². The number of hydrogen-bond donors (Lipinski definition) is 1. The van der Waals surface area contributed by atoms with Crippen LogP contribution in [0.5, 0.6) is 11.5 Å². The summed E-state index contributed by atoms with van der Waals surface area (Å²) in [5, 5.41) is 10.9. The van der Waals surface area contributed by atoms with Crippen LogP contribution in [0.2, 0.25) is 0 Å². The number of phenols is 1. The Balaban J connectivity index is 1.40. The summed E-state index contributed by atoms with van der Waals surface area (Å²) in [6, 6.07) is 4.70. The monoisotopic (exact) mass is 435 g/mol. The molecule has 3 aliphatic heterocycles. The number of fused-ring (bicyclic) bond motifs is 1. The molecule has 4 bridgehead atoms. The quantitative estimate of drug-likeness (QED) is 0.724. The summed E-state index contributed by atoms with van der Waals surface area (Å²) in [5.74, 6) is 2.56. The normalized spacial score (nSPS) is 48.3. The van der Waals surface area contributed by atoms with Crippen LogP contribution in [0.4, 0.5) is 0 Å². The molecular weight excluding hydrogens is 398 g/mol. The molecule has 1 aromatic carbocycles. The number of rotatable bonds is 2. The van der Waals surface area contributed by atoms with Gasteiger partial charge >= 0.3 is 0 Å². The molecule has 0 radical (unpaired) electrons. The summed E-state index contributed by atoms with van der Waals surface area (Å²) >= 11 is 0. The first-order valence-corrected chi connectivity index (χ1v) is 13.1. The maximum Gasteiger partial charge on any atom is 0.165 e. The van der Waals surface area contributed by atoms with E-state index >= 15 is 0 Å². The van der Waals surface area contributed by atoms with Crippen LogP contribution >= 0.6 is 0 Å². The van der Waals surface area contributed by atoms with Crippen LogP contribution in [0, 0.1) is 22.7 Å². The zero-order chi connectivity index (χ0) is 21.9. The lowest BCUT2D eigenvalue weighted by molar-refractivity contribution is -0.272. The Labute approximate surface area is 191 Å². The maximum absolute atomic E-state index is 10.9. The van der Waals surface area contributed by atoms with Crippen molar-refractivity contribution >= 4 is 0 Å². The average molecular weight is 436 g/mol. The van der Waals surface area contributed by atoms with Crippen LogP contribution in [0.25, 0.3) is 0 Å². The minimum atomic E-state index is -0.238. The number of likely N-dealkylation sites (tertiary alicyclic amines) is 1. The molecule has 6 fully saturated rings. The number of hydrogen-bond acceptors (Lipinski definition) is 4. The number of aromatic hydroxyl groups is 1. The van der Waals surface area contributed by atoms with Gasteiger partial charge < -0.3 is 14.6 Å². The molecule has 3 spiro atoms. The van der Waals surface area contributed by atoms with Crippen molar-refractivity contribution in [2.24, 2.45) is 22.7 Å². The predicted molar refractivity (Wildman–Crippen MR) is 122 cm³/mol. The zero-order valence-corrected chi connectivity index (χ0v) is 20.0. The number of piperidine rings is 1. The molecule has 1 N–H and O–H groups in total. The third-order valence-corrected chi connectivity index (χ3v) is 12.1. The lowest BCUT2D eigenvalue weighted by Crippen LogP contribution is -2.80. The van der Waals surface area contributed by atoms with Crippen molar-refractivity contribution in [1.82, 2.24) is 4.90 Å². The first-order chi connectivity index (χ1) is 15.2. The van der Waals surface area contributed by atoms with Gasteiger partial charge in [0.2, 0.25) is 0 Å². The average Bonchev–Trinajstić information content (AvgIpc) is 3.44. The zero-order valence-electron chi connectivity index (χ0n) is 20.0. The third-order valence-electron chi connectivity index (χ3n) is 12.1. The second kappa shape index (κ2) is 5.20. The van der Waals surface area contributed by atoms with E-state index in [-0.39, 0.29) is 33.6 Å². The molecule has 9 rings (SSSR count). The van der Waals surface area contributed by atoms with E-state index in [4.69, 9.17) is 9.47 Å². The Morgan fingerprint density at radius 1 is 1.09 bits per heavy atom. The summed E-state index contributed by atoms with van der Waals surface area (Å²) < 4.78 is 14.2. The van der Waals surface area contributed by atoms with E-state index in [1.54, 1.807) is 0 Å². The molecule has 6 atom stereocenters. The third kappa shape index (κ3) is 1.74. The van der Waals surface area contributed by atoms with Gasteiger partial charge in [0.05, 0.1) is 5.60 Å². The Bertz CT molecular complexity index is 1060. The van der Waals surface area contributed by atoms with E-state index in [0.29, 0.717) is 17.7 Å². The second-order valence-electron chi connectivity index (χ2n) is 13.5. The van der Waals surface area contributed by atoms with E-state index in [1.807, 2.05) is 6.07 Å². The van der Waals surface area contributed by atoms with Crippen LogP contribution in [0.1, 0.15) is 77.3 Å². The van der Waals surface area contributed by atoms with Gasteiger partial charge in [-0.2, -0.15) is 0 Å². The van der Waals surface area contributed by atoms with Gasteiger partial charge in [-0.15, -0.1) is 0 Å². The predicted octanol–water partition coefficient (Wildman–Crippen LogP) is 4.81. The molecule has 1 aromatic rings. The fourth-order valence-electron chi connectivity index (χ4n) is 10.1. The SMILES string of the molecule is CC1(C)O[C@]23CC[C@@]4(C[C@H]2C1(C)C)[C@H]1Cc2ccc(O)c5c2[C@@]4(CCN1CC1CC1)[C@H]3O5. The number of ether oxygens (including phenoxy) is 2. The fourth-order valence-corrected chi connectivity index (χ4v) is 10.1. The molecule has 4 nitrogen and oxygen atoms in total. The molecule has 4 saturated carbocycles. The van der Waals surface area contributed by atoms with Crippen LogP contribution in [-0.2, 0) is 16.6 Å². The van der Waals surface area contributed by atoms with Gasteiger partial charge in [0, 0.05) is 34.9 Å². The van der Waals surface area contributed by atoms with Gasteiger partial charge in [0.1, 0.15) is 11.7 Å². The Morgan fingerprint density at radius 3 is 2.69 bits per heavy atom. The highest BCUT2D eigenvalue weighted by Crippen LogP contribution is 2.80. The lowest BCUT2D eigenvalue weighted by atomic mass is 9.33. The van der Waals surface area contributed by atoms with Gasteiger partial charge in [-0.05, 0) is 88.3 Å². The van der Waals surface area contributed by atoms with Crippen LogP contribution in [0.3, 0.4) is 0 Å². The number of benzene rings is 1. The summed E-state index contributed by atoms with van der Waals surface area (Å²) in [5.41, 5.74) is 2.74. The first kappa shape index (κ1) is 19.1. The summed E-state index contributed by atoms with van der Waals surface area (Å²) in [7, 11) is 0. The molecule has 0 unspecified atom stereocenters. The van der Waals surface area contributed by atoms with E-state index in [2.05, 4.69) is 38.7 Å². The van der Waals surface area contributed by atoms with Crippen LogP contribution in [0.15, 0.2) is 12.1 Å². The van der Waals surface area contributed by atoms with E-state index in [1.165, 1.54) is 49.9 Å². The van der Waals surface area contributed by atoms with E-state index in [0.717, 1.165) is 30.9 Å². The van der Waals surface area contributed by atoms with Crippen LogP contribution in [-0.4, -0.2) is 46.4 Å². The molecule has 2 saturated heterocycles. The van der Waals surface area contributed by atoms with Crippen LogP contribution < -0.4 is 4.74 Å². The second-order valence-corrected chi connectivity index (χ2v) is 13.5. The Kier molecular flexibility index (Phi) is 3.10. The minimum absolute atomic E-state index is 0.00459. The molecule has 172 valence electrons. The molecule has 32 heavy (non-hydrogen) atoms. The smallest absolute Gasteiger partial charge is 0.165 e. The highest BCUT2D eigenvalue weighted by molar-refractivity contribution is 5.63. The highest BCUT2D eigenvalue weighted by Gasteiger charge is 2.84. The summed E-state index contributed by atoms with van der Waals surface area (Å²) in [6.07, 6.45) is 8.76. The topological polar surface area (TPSA) is 41.9 Å². The van der Waals surface area contributed by atoms with Gasteiger partial charge in [0.15, 0.2) is 11.5 Å². The Morgan fingerprint density at radius 2 is 1.91 bits per heavy atom. The van der Waals surface area contributed by atoms with Crippen molar-refractivity contribution < 1.29 is 14.6 Å². The largest absolute Gasteiger partial charge is 0.504 e. The molecule has 5 aliphatic carbocycles. The van der Waals surface area contributed by atoms with Crippen molar-refractivity contribution in [3.63, 3.8) is 0 Å². The van der Waals surface area contributed by atoms with Crippen molar-refractivity contribution in [3.8, 4) is 11.5 Å². The summed E-state index contributed by atoms with van der Waals surface area (Å²) in [4.78, 5) is 2.90. The minimum Gasteiger partial charge on any atom is -0.504 e. The van der Waals surface area contributed by atoms with Crippen molar-refractivity contribution in [1.29, 1.82) is 0 Å². The molecule has 8 aliphatic rings. The highest BCUT2D eigenvalue weighted by atomic mass is 16.6. The van der Waals surface area contributed by atoms with E-state index < -0.39 is 0 Å². The van der Waals surface area contributed by atoms with Gasteiger partial charge in [0.25, 0.3) is 0 Å². The Hall–Kier alpha value is -1.26.